The number of benzene rings is 2. The molecule has 0 atom stereocenters. The highest BCUT2D eigenvalue weighted by Gasteiger charge is 2.22. The second kappa shape index (κ2) is 7.64. The van der Waals surface area contributed by atoms with E-state index < -0.39 is 11.5 Å². The Kier molecular flexibility index (Phi) is 4.89. The number of fused-ring (bicyclic) bond motifs is 1. The van der Waals surface area contributed by atoms with Crippen LogP contribution in [0.4, 0.5) is 0 Å². The summed E-state index contributed by atoms with van der Waals surface area (Å²) in [6.07, 6.45) is 1.78. The summed E-state index contributed by atoms with van der Waals surface area (Å²) < 4.78 is 5.30. The van der Waals surface area contributed by atoms with Gasteiger partial charge in [0.25, 0.3) is 5.56 Å². The third-order valence-electron chi connectivity index (χ3n) is 4.90. The van der Waals surface area contributed by atoms with Crippen LogP contribution in [0.2, 0.25) is 0 Å². The summed E-state index contributed by atoms with van der Waals surface area (Å²) in [6.45, 7) is 0.0539. The molecular formula is C23H19NO4. The zero-order valence-corrected chi connectivity index (χ0v) is 15.2. The molecule has 140 valence electrons. The minimum Gasteiger partial charge on any atom is -0.457 e. The number of H-pyrrole nitrogens is 1. The van der Waals surface area contributed by atoms with Gasteiger partial charge in [0.15, 0.2) is 5.78 Å². The van der Waals surface area contributed by atoms with Gasteiger partial charge in [-0.15, -0.1) is 0 Å². The molecule has 28 heavy (non-hydrogen) atoms. The molecule has 5 heteroatoms. The van der Waals surface area contributed by atoms with Gasteiger partial charge in [-0.1, -0.05) is 54.6 Å². The molecule has 1 aromatic heterocycles. The van der Waals surface area contributed by atoms with Gasteiger partial charge in [-0.25, -0.2) is 4.79 Å². The first kappa shape index (κ1) is 17.9. The van der Waals surface area contributed by atoms with E-state index in [2.05, 4.69) is 4.98 Å². The summed E-state index contributed by atoms with van der Waals surface area (Å²) in [7, 11) is 0. The molecular weight excluding hydrogens is 354 g/mol. The highest BCUT2D eigenvalue weighted by atomic mass is 16.5. The normalized spacial score (nSPS) is 13.1. The van der Waals surface area contributed by atoms with Crippen LogP contribution < -0.4 is 5.56 Å². The second-order valence-corrected chi connectivity index (χ2v) is 6.82. The van der Waals surface area contributed by atoms with E-state index in [4.69, 9.17) is 4.74 Å². The van der Waals surface area contributed by atoms with E-state index in [1.54, 1.807) is 0 Å². The van der Waals surface area contributed by atoms with Crippen molar-refractivity contribution in [2.45, 2.75) is 25.9 Å². The number of carbonyl (C=O) groups excluding carboxylic acids is 2. The van der Waals surface area contributed by atoms with Crippen LogP contribution in [0.25, 0.3) is 11.1 Å². The Morgan fingerprint density at radius 1 is 0.929 bits per heavy atom. The molecule has 0 aliphatic heterocycles. The van der Waals surface area contributed by atoms with E-state index in [1.807, 2.05) is 54.6 Å². The Balaban J connectivity index is 1.47. The lowest BCUT2D eigenvalue weighted by atomic mass is 9.94. The van der Waals surface area contributed by atoms with E-state index in [1.165, 1.54) is 6.07 Å². The van der Waals surface area contributed by atoms with Crippen molar-refractivity contribution >= 4 is 11.8 Å². The number of ether oxygens (including phenoxy) is 1. The lowest BCUT2D eigenvalue weighted by molar-refractivity contribution is 0.0470. The predicted octanol–water partition coefficient (Wildman–Crippen LogP) is 3.92. The summed E-state index contributed by atoms with van der Waals surface area (Å²) in [4.78, 5) is 39.2. The molecule has 0 saturated carbocycles. The van der Waals surface area contributed by atoms with Gasteiger partial charge >= 0.3 is 5.97 Å². The molecule has 1 N–H and O–H groups in total. The van der Waals surface area contributed by atoms with Crippen molar-refractivity contribution in [2.75, 3.05) is 0 Å². The van der Waals surface area contributed by atoms with E-state index in [0.717, 1.165) is 16.7 Å². The van der Waals surface area contributed by atoms with Gasteiger partial charge in [-0.05, 0) is 35.6 Å². The number of carbonyl (C=O) groups is 2. The highest BCUT2D eigenvalue weighted by Crippen LogP contribution is 2.21. The largest absolute Gasteiger partial charge is 0.457 e. The van der Waals surface area contributed by atoms with Gasteiger partial charge in [-0.2, -0.15) is 0 Å². The van der Waals surface area contributed by atoms with Crippen LogP contribution in [0.5, 0.6) is 0 Å². The Hall–Kier alpha value is -3.47. The van der Waals surface area contributed by atoms with E-state index >= 15 is 0 Å². The topological polar surface area (TPSA) is 76.2 Å². The number of aromatic amines is 1. The first-order valence-electron chi connectivity index (χ1n) is 9.23. The van der Waals surface area contributed by atoms with Crippen LogP contribution >= 0.6 is 0 Å². The van der Waals surface area contributed by atoms with Gasteiger partial charge in [0.05, 0.1) is 0 Å². The summed E-state index contributed by atoms with van der Waals surface area (Å²) in [6, 6.07) is 19.0. The summed E-state index contributed by atoms with van der Waals surface area (Å²) in [5.41, 5.74) is 3.38. The third-order valence-corrected chi connectivity index (χ3v) is 4.90. The highest BCUT2D eigenvalue weighted by molar-refractivity contribution is 6.00. The monoisotopic (exact) mass is 373 g/mol. The van der Waals surface area contributed by atoms with Crippen molar-refractivity contribution in [1.82, 2.24) is 4.98 Å². The maximum Gasteiger partial charge on any atom is 0.344 e. The number of hydrogen-bond donors (Lipinski definition) is 1. The Labute approximate surface area is 162 Å². The second-order valence-electron chi connectivity index (χ2n) is 6.82. The standard InChI is InChI=1S/C23H19NO4/c25-21-8-4-7-20-18(21)13-19(22(26)24-20)23(27)28-14-15-9-11-17(12-10-15)16-5-2-1-3-6-16/h1-3,5-6,9-13H,4,7-8,14H2,(H,24,26). The average Bonchev–Trinajstić information content (AvgIpc) is 2.73. The molecule has 1 aliphatic carbocycles. The molecule has 0 spiro atoms. The van der Waals surface area contributed by atoms with Crippen LogP contribution in [0.3, 0.4) is 0 Å². The quantitative estimate of drug-likeness (QED) is 0.704. The van der Waals surface area contributed by atoms with E-state index in [-0.39, 0.29) is 18.0 Å². The molecule has 1 aliphatic rings. The minimum absolute atomic E-state index is 0.0527. The minimum atomic E-state index is -0.727. The first-order chi connectivity index (χ1) is 13.6. The molecule has 3 aromatic rings. The van der Waals surface area contributed by atoms with Crippen LogP contribution in [0.1, 0.15) is 44.8 Å². The number of hydrogen-bond acceptors (Lipinski definition) is 4. The van der Waals surface area contributed by atoms with Crippen LogP contribution in [-0.2, 0) is 17.8 Å². The van der Waals surface area contributed by atoms with Gasteiger partial charge in [0.1, 0.15) is 12.2 Å². The van der Waals surface area contributed by atoms with Gasteiger partial charge < -0.3 is 9.72 Å². The van der Waals surface area contributed by atoms with E-state index in [9.17, 15) is 14.4 Å². The first-order valence-corrected chi connectivity index (χ1v) is 9.23. The fourth-order valence-electron chi connectivity index (χ4n) is 3.38. The molecule has 0 fully saturated rings. The number of rotatable bonds is 4. The fraction of sp³-hybridized carbons (Fsp3) is 0.174. The SMILES string of the molecule is O=C1CCCc2[nH]c(=O)c(C(=O)OCc3ccc(-c4ccccc4)cc3)cc21. The van der Waals surface area contributed by atoms with Crippen molar-refractivity contribution in [3.63, 3.8) is 0 Å². The predicted molar refractivity (Wildman–Crippen MR) is 105 cm³/mol. The van der Waals surface area contributed by atoms with Crippen molar-refractivity contribution in [1.29, 1.82) is 0 Å². The van der Waals surface area contributed by atoms with Crippen molar-refractivity contribution in [3.8, 4) is 11.1 Å². The fourth-order valence-corrected chi connectivity index (χ4v) is 3.38. The van der Waals surface area contributed by atoms with Crippen LogP contribution in [0.15, 0.2) is 65.5 Å². The number of aryl methyl sites for hydroxylation is 1. The lowest BCUT2D eigenvalue weighted by Gasteiger charge is -2.14. The Bertz CT molecular complexity index is 1080. The maximum atomic E-state index is 12.4. The van der Waals surface area contributed by atoms with Crippen molar-refractivity contribution < 1.29 is 14.3 Å². The summed E-state index contributed by atoms with van der Waals surface area (Å²) >= 11 is 0. The molecule has 4 rings (SSSR count). The van der Waals surface area contributed by atoms with Gasteiger partial charge in [-0.3, -0.25) is 9.59 Å². The molecule has 5 nitrogen and oxygen atoms in total. The van der Waals surface area contributed by atoms with Crippen LogP contribution in [0, 0.1) is 0 Å². The Morgan fingerprint density at radius 3 is 2.39 bits per heavy atom. The van der Waals surface area contributed by atoms with Gasteiger partial charge in [0.2, 0.25) is 0 Å². The average molecular weight is 373 g/mol. The molecule has 0 unspecified atom stereocenters. The zero-order valence-electron chi connectivity index (χ0n) is 15.2. The molecule has 0 radical (unpaired) electrons. The molecule has 0 bridgehead atoms. The van der Waals surface area contributed by atoms with E-state index in [0.29, 0.717) is 30.5 Å². The van der Waals surface area contributed by atoms with Crippen molar-refractivity contribution in [2.24, 2.45) is 0 Å². The number of Topliss-reactive ketones (excluding diaryl/α,β-unsaturated/α-hetero) is 1. The summed E-state index contributed by atoms with van der Waals surface area (Å²) in [5, 5.41) is 0. The number of ketones is 1. The zero-order chi connectivity index (χ0) is 19.5. The van der Waals surface area contributed by atoms with Crippen LogP contribution in [-0.4, -0.2) is 16.7 Å². The molecule has 1 heterocycles. The van der Waals surface area contributed by atoms with Gasteiger partial charge in [0, 0.05) is 17.7 Å². The maximum absolute atomic E-state index is 12.4. The molecule has 0 amide bonds. The lowest BCUT2D eigenvalue weighted by Crippen LogP contribution is -2.25. The number of nitrogens with one attached hydrogen (secondary N) is 1. The molecule has 2 aromatic carbocycles. The number of aromatic nitrogens is 1. The molecule has 0 saturated heterocycles. The Morgan fingerprint density at radius 2 is 1.64 bits per heavy atom. The van der Waals surface area contributed by atoms with Crippen molar-refractivity contribution in [3.05, 3.63) is 93.4 Å². The third kappa shape index (κ3) is 3.64. The summed E-state index contributed by atoms with van der Waals surface area (Å²) in [5.74, 6) is -0.780. The smallest absolute Gasteiger partial charge is 0.344 e. The number of esters is 1. The number of pyridine rings is 1.